The number of carbonyl (C=O) groups is 2. The maximum absolute atomic E-state index is 12.1. The molecule has 2 aromatic carbocycles. The number of ether oxygens (including phenoxy) is 4. The first-order valence-corrected chi connectivity index (χ1v) is 10.9. The number of nitro groups is 2. The second-order valence-electron chi connectivity index (χ2n) is 7.42. The molecular formula is C24H26N2O10. The largest absolute Gasteiger partial charge is 0.493 e. The summed E-state index contributed by atoms with van der Waals surface area (Å²) in [5, 5.41) is 21.9. The molecule has 0 aromatic heterocycles. The van der Waals surface area contributed by atoms with Gasteiger partial charge in [-0.3, -0.25) is 20.2 Å². The Labute approximate surface area is 206 Å². The van der Waals surface area contributed by atoms with Crippen LogP contribution in [0, 0.1) is 20.2 Å². The number of non-ortho nitro benzene ring substituents is 2. The average Bonchev–Trinajstić information content (AvgIpc) is 2.88. The van der Waals surface area contributed by atoms with Crippen molar-refractivity contribution in [1.82, 2.24) is 0 Å². The minimum Gasteiger partial charge on any atom is -0.493 e. The zero-order chi connectivity index (χ0) is 26.5. The highest BCUT2D eigenvalue weighted by atomic mass is 16.6. The van der Waals surface area contributed by atoms with E-state index in [0.29, 0.717) is 24.5 Å². The molecule has 0 aliphatic heterocycles. The van der Waals surface area contributed by atoms with Crippen LogP contribution in [0.1, 0.15) is 41.6 Å². The number of hydrogen-bond acceptors (Lipinski definition) is 10. The first-order valence-electron chi connectivity index (χ1n) is 10.9. The van der Waals surface area contributed by atoms with Crippen LogP contribution in [0.2, 0.25) is 0 Å². The van der Waals surface area contributed by atoms with E-state index in [9.17, 15) is 29.8 Å². The van der Waals surface area contributed by atoms with Crippen LogP contribution in [0.4, 0.5) is 11.4 Å². The van der Waals surface area contributed by atoms with Crippen molar-refractivity contribution >= 4 is 29.4 Å². The van der Waals surface area contributed by atoms with Crippen molar-refractivity contribution in [2.45, 2.75) is 25.7 Å². The molecule has 0 unspecified atom stereocenters. The van der Waals surface area contributed by atoms with Crippen molar-refractivity contribution in [3.63, 3.8) is 0 Å². The van der Waals surface area contributed by atoms with E-state index in [4.69, 9.17) is 14.2 Å². The van der Waals surface area contributed by atoms with Gasteiger partial charge in [-0.1, -0.05) is 6.07 Å². The van der Waals surface area contributed by atoms with Gasteiger partial charge in [-0.05, 0) is 49.5 Å². The summed E-state index contributed by atoms with van der Waals surface area (Å²) in [6, 6.07) is 7.94. The Hall–Kier alpha value is -4.48. The number of carbonyl (C=O) groups excluding carboxylic acids is 2. The zero-order valence-electron chi connectivity index (χ0n) is 19.8. The van der Waals surface area contributed by atoms with Gasteiger partial charge in [0.05, 0.1) is 48.9 Å². The average molecular weight is 502 g/mol. The Morgan fingerprint density at radius 2 is 1.50 bits per heavy atom. The van der Waals surface area contributed by atoms with Crippen LogP contribution in [0.5, 0.6) is 11.5 Å². The molecule has 12 heteroatoms. The zero-order valence-corrected chi connectivity index (χ0v) is 19.8. The topological polar surface area (TPSA) is 157 Å². The van der Waals surface area contributed by atoms with Crippen molar-refractivity contribution in [2.75, 3.05) is 27.4 Å². The van der Waals surface area contributed by atoms with Crippen LogP contribution in [0.25, 0.3) is 6.08 Å². The van der Waals surface area contributed by atoms with Crippen LogP contribution in [-0.2, 0) is 14.3 Å². The van der Waals surface area contributed by atoms with Crippen molar-refractivity contribution in [3.05, 3.63) is 73.8 Å². The fraction of sp³-hybridized carbons (Fsp3) is 0.333. The molecule has 0 saturated heterocycles. The van der Waals surface area contributed by atoms with Gasteiger partial charge < -0.3 is 18.9 Å². The predicted octanol–water partition coefficient (Wildman–Crippen LogP) is 4.49. The summed E-state index contributed by atoms with van der Waals surface area (Å²) >= 11 is 0. The summed E-state index contributed by atoms with van der Waals surface area (Å²) in [6.45, 7) is 0.509. The normalized spacial score (nSPS) is 10.6. The molecule has 0 spiro atoms. The van der Waals surface area contributed by atoms with Crippen molar-refractivity contribution in [1.29, 1.82) is 0 Å². The fourth-order valence-corrected chi connectivity index (χ4v) is 3.05. The SMILES string of the molecule is COC(=O)C=Cc1ccc(OCCCCCCOC(=O)c2cc([N+](=O)[O-])cc([N+](=O)[O-])c2)c(OC)c1. The smallest absolute Gasteiger partial charge is 0.338 e. The maximum Gasteiger partial charge on any atom is 0.338 e. The lowest BCUT2D eigenvalue weighted by Crippen LogP contribution is -2.08. The molecule has 12 nitrogen and oxygen atoms in total. The quantitative estimate of drug-likeness (QED) is 0.118. The highest BCUT2D eigenvalue weighted by Gasteiger charge is 2.20. The Kier molecular flexibility index (Phi) is 10.8. The summed E-state index contributed by atoms with van der Waals surface area (Å²) in [7, 11) is 2.82. The number of hydrogen-bond donors (Lipinski definition) is 0. The number of esters is 2. The molecule has 0 fully saturated rings. The minimum atomic E-state index is -0.859. The summed E-state index contributed by atoms with van der Waals surface area (Å²) in [5.74, 6) is -0.234. The van der Waals surface area contributed by atoms with E-state index < -0.39 is 33.2 Å². The Morgan fingerprint density at radius 1 is 0.861 bits per heavy atom. The summed E-state index contributed by atoms with van der Waals surface area (Å²) in [4.78, 5) is 43.6. The second kappa shape index (κ2) is 14.0. The van der Waals surface area contributed by atoms with Crippen LogP contribution >= 0.6 is 0 Å². The molecular weight excluding hydrogens is 476 g/mol. The highest BCUT2D eigenvalue weighted by molar-refractivity contribution is 5.91. The third-order valence-corrected chi connectivity index (χ3v) is 4.89. The van der Waals surface area contributed by atoms with Crippen molar-refractivity contribution < 1.29 is 38.4 Å². The molecule has 0 aliphatic carbocycles. The number of unbranched alkanes of at least 4 members (excludes halogenated alkanes) is 3. The second-order valence-corrected chi connectivity index (χ2v) is 7.42. The molecule has 192 valence electrons. The molecule has 2 aromatic rings. The molecule has 0 aliphatic rings. The monoisotopic (exact) mass is 502 g/mol. The lowest BCUT2D eigenvalue weighted by molar-refractivity contribution is -0.394. The van der Waals surface area contributed by atoms with Gasteiger partial charge in [0, 0.05) is 18.2 Å². The summed E-state index contributed by atoms with van der Waals surface area (Å²) < 4.78 is 20.7. The van der Waals surface area contributed by atoms with Gasteiger partial charge in [0.15, 0.2) is 11.5 Å². The highest BCUT2D eigenvalue weighted by Crippen LogP contribution is 2.29. The van der Waals surface area contributed by atoms with E-state index in [2.05, 4.69) is 4.74 Å². The molecule has 0 amide bonds. The van der Waals surface area contributed by atoms with E-state index in [0.717, 1.165) is 43.0 Å². The van der Waals surface area contributed by atoms with E-state index in [1.807, 2.05) is 0 Å². The molecule has 0 bridgehead atoms. The van der Waals surface area contributed by atoms with Gasteiger partial charge in [0.1, 0.15) is 0 Å². The van der Waals surface area contributed by atoms with Gasteiger partial charge >= 0.3 is 11.9 Å². The van der Waals surface area contributed by atoms with E-state index >= 15 is 0 Å². The number of methoxy groups -OCH3 is 2. The van der Waals surface area contributed by atoms with Crippen LogP contribution < -0.4 is 9.47 Å². The van der Waals surface area contributed by atoms with Gasteiger partial charge in [0.25, 0.3) is 11.4 Å². The van der Waals surface area contributed by atoms with Crippen LogP contribution in [0.3, 0.4) is 0 Å². The summed E-state index contributed by atoms with van der Waals surface area (Å²) in [5.41, 5.74) is -0.607. The lowest BCUT2D eigenvalue weighted by atomic mass is 10.1. The molecule has 0 atom stereocenters. The Balaban J connectivity index is 1.73. The third kappa shape index (κ3) is 8.70. The number of benzene rings is 2. The summed E-state index contributed by atoms with van der Waals surface area (Å²) in [6.07, 6.45) is 5.72. The molecule has 0 heterocycles. The number of rotatable bonds is 14. The number of nitro benzene ring substituents is 2. The number of nitrogens with zero attached hydrogens (tertiary/aromatic N) is 2. The molecule has 0 N–H and O–H groups in total. The van der Waals surface area contributed by atoms with Crippen LogP contribution in [0.15, 0.2) is 42.5 Å². The Morgan fingerprint density at radius 3 is 2.08 bits per heavy atom. The third-order valence-electron chi connectivity index (χ3n) is 4.89. The van der Waals surface area contributed by atoms with Crippen molar-refractivity contribution in [3.8, 4) is 11.5 Å². The van der Waals surface area contributed by atoms with Gasteiger partial charge in [-0.25, -0.2) is 9.59 Å². The van der Waals surface area contributed by atoms with Gasteiger partial charge in [0.2, 0.25) is 0 Å². The molecule has 36 heavy (non-hydrogen) atoms. The molecule has 0 saturated carbocycles. The first-order chi connectivity index (χ1) is 17.2. The van der Waals surface area contributed by atoms with Gasteiger partial charge in [-0.15, -0.1) is 0 Å². The van der Waals surface area contributed by atoms with Gasteiger partial charge in [-0.2, -0.15) is 0 Å². The predicted molar refractivity (Wildman–Crippen MR) is 128 cm³/mol. The van der Waals surface area contributed by atoms with Crippen molar-refractivity contribution in [2.24, 2.45) is 0 Å². The van der Waals surface area contributed by atoms with Crippen LogP contribution in [-0.4, -0.2) is 49.2 Å². The lowest BCUT2D eigenvalue weighted by Gasteiger charge is -2.11. The minimum absolute atomic E-state index is 0.0740. The molecule has 0 radical (unpaired) electrons. The van der Waals surface area contributed by atoms with E-state index in [1.54, 1.807) is 24.3 Å². The fourth-order valence-electron chi connectivity index (χ4n) is 3.05. The standard InChI is InChI=1S/C24H26N2O10/c1-33-22-13-17(8-10-23(27)34-2)7-9-21(22)35-11-5-3-4-6-12-36-24(28)18-14-19(25(29)30)16-20(15-18)26(31)32/h7-10,13-16H,3-6,11-12H2,1-2H3. The van der Waals surface area contributed by atoms with E-state index in [-0.39, 0.29) is 12.2 Å². The maximum atomic E-state index is 12.1. The first kappa shape index (κ1) is 27.8. The molecule has 2 rings (SSSR count). The van der Waals surface area contributed by atoms with E-state index in [1.165, 1.54) is 20.3 Å². The Bertz CT molecular complexity index is 1100.